The van der Waals surface area contributed by atoms with Gasteiger partial charge in [-0.05, 0) is 31.2 Å². The summed E-state index contributed by atoms with van der Waals surface area (Å²) < 4.78 is 5.48. The number of methoxy groups -OCH3 is 1. The average Bonchev–Trinajstić information content (AvgIpc) is 2.95. The number of nitrogens with two attached hydrogens (primary N) is 1. The maximum Gasteiger partial charge on any atom is 0.161 e. The van der Waals surface area contributed by atoms with Crippen molar-refractivity contribution in [1.29, 1.82) is 0 Å². The standard InChI is InChI=1S/C14H19N3OS/c1-3-5-9(18-2)13-16-12(15)11-8-6-4-7-10(8)19-14(11)17-13/h9H,3-7H2,1-2H3,(H2,15,16,17). The fourth-order valence-electron chi connectivity index (χ4n) is 2.80. The number of rotatable bonds is 4. The van der Waals surface area contributed by atoms with Crippen molar-refractivity contribution in [1.82, 2.24) is 9.97 Å². The molecule has 0 amide bonds. The molecule has 4 nitrogen and oxygen atoms in total. The molecule has 0 fully saturated rings. The van der Waals surface area contributed by atoms with Crippen molar-refractivity contribution in [2.24, 2.45) is 0 Å². The van der Waals surface area contributed by atoms with Gasteiger partial charge in [0.15, 0.2) is 5.82 Å². The van der Waals surface area contributed by atoms with Crippen molar-refractivity contribution in [3.8, 4) is 0 Å². The third-order valence-corrected chi connectivity index (χ3v) is 4.92. The van der Waals surface area contributed by atoms with Crippen LogP contribution < -0.4 is 5.73 Å². The fourth-order valence-corrected chi connectivity index (χ4v) is 4.08. The molecule has 1 unspecified atom stereocenters. The van der Waals surface area contributed by atoms with Gasteiger partial charge in [-0.1, -0.05) is 13.3 Å². The van der Waals surface area contributed by atoms with Gasteiger partial charge in [-0.15, -0.1) is 11.3 Å². The Morgan fingerprint density at radius 2 is 2.21 bits per heavy atom. The lowest BCUT2D eigenvalue weighted by molar-refractivity contribution is 0.0881. The molecule has 0 bridgehead atoms. The molecular formula is C14H19N3OS. The predicted octanol–water partition coefficient (Wildman–Crippen LogP) is 3.25. The first-order valence-corrected chi connectivity index (χ1v) is 7.66. The predicted molar refractivity (Wildman–Crippen MR) is 78.5 cm³/mol. The molecule has 2 N–H and O–H groups in total. The summed E-state index contributed by atoms with van der Waals surface area (Å²) in [6.45, 7) is 2.13. The third-order valence-electron chi connectivity index (χ3n) is 3.73. The maximum absolute atomic E-state index is 6.16. The minimum atomic E-state index is -0.0476. The van der Waals surface area contributed by atoms with Crippen LogP contribution in [0.1, 0.15) is 48.6 Å². The van der Waals surface area contributed by atoms with Gasteiger partial charge in [0.25, 0.3) is 0 Å². The Morgan fingerprint density at radius 3 is 2.95 bits per heavy atom. The Balaban J connectivity index is 2.10. The van der Waals surface area contributed by atoms with E-state index in [0.717, 1.165) is 41.7 Å². The monoisotopic (exact) mass is 277 g/mol. The second-order valence-corrected chi connectivity index (χ2v) is 6.10. The molecule has 5 heteroatoms. The molecule has 0 saturated heterocycles. The number of fused-ring (bicyclic) bond motifs is 3. The Bertz CT molecular complexity index is 608. The maximum atomic E-state index is 6.16. The Kier molecular flexibility index (Phi) is 3.41. The van der Waals surface area contributed by atoms with Crippen LogP contribution in [-0.4, -0.2) is 17.1 Å². The SMILES string of the molecule is CCCC(OC)c1nc(N)c2c3c(sc2n1)CCC3. The molecule has 0 spiro atoms. The van der Waals surface area contributed by atoms with E-state index in [2.05, 4.69) is 11.9 Å². The number of thiophene rings is 1. The molecule has 1 aliphatic carbocycles. The van der Waals surface area contributed by atoms with Gasteiger partial charge in [0.2, 0.25) is 0 Å². The molecule has 2 heterocycles. The number of aromatic nitrogens is 2. The van der Waals surface area contributed by atoms with E-state index in [-0.39, 0.29) is 6.10 Å². The van der Waals surface area contributed by atoms with Crippen LogP contribution in [0.3, 0.4) is 0 Å². The van der Waals surface area contributed by atoms with Gasteiger partial charge in [0, 0.05) is 12.0 Å². The summed E-state index contributed by atoms with van der Waals surface area (Å²) in [5, 5.41) is 1.09. The number of ether oxygens (including phenoxy) is 1. The van der Waals surface area contributed by atoms with Crippen LogP contribution >= 0.6 is 11.3 Å². The summed E-state index contributed by atoms with van der Waals surface area (Å²) >= 11 is 1.77. The molecule has 2 aromatic heterocycles. The van der Waals surface area contributed by atoms with Crippen LogP contribution in [0.4, 0.5) is 5.82 Å². The summed E-state index contributed by atoms with van der Waals surface area (Å²) in [4.78, 5) is 11.7. The normalized spacial score (nSPS) is 15.9. The molecule has 0 radical (unpaired) electrons. The zero-order valence-electron chi connectivity index (χ0n) is 11.4. The van der Waals surface area contributed by atoms with E-state index < -0.39 is 0 Å². The number of nitrogens with zero attached hydrogens (tertiary/aromatic N) is 2. The van der Waals surface area contributed by atoms with Gasteiger partial charge in [-0.25, -0.2) is 9.97 Å². The smallest absolute Gasteiger partial charge is 0.161 e. The topological polar surface area (TPSA) is 61.0 Å². The van der Waals surface area contributed by atoms with Crippen LogP contribution in [0.15, 0.2) is 0 Å². The third kappa shape index (κ3) is 2.11. The Morgan fingerprint density at radius 1 is 1.37 bits per heavy atom. The highest BCUT2D eigenvalue weighted by atomic mass is 32.1. The number of hydrogen-bond donors (Lipinski definition) is 1. The molecule has 3 rings (SSSR count). The summed E-state index contributed by atoms with van der Waals surface area (Å²) in [5.41, 5.74) is 7.55. The molecule has 0 aliphatic heterocycles. The van der Waals surface area contributed by atoms with E-state index >= 15 is 0 Å². The van der Waals surface area contributed by atoms with Crippen LogP contribution in [0, 0.1) is 0 Å². The first-order chi connectivity index (χ1) is 9.24. The lowest BCUT2D eigenvalue weighted by Gasteiger charge is -2.13. The number of hydrogen-bond acceptors (Lipinski definition) is 5. The van der Waals surface area contributed by atoms with Crippen molar-refractivity contribution in [2.45, 2.75) is 45.1 Å². The highest BCUT2D eigenvalue weighted by Crippen LogP contribution is 2.39. The highest BCUT2D eigenvalue weighted by molar-refractivity contribution is 7.19. The van der Waals surface area contributed by atoms with E-state index in [1.165, 1.54) is 16.9 Å². The van der Waals surface area contributed by atoms with Crippen LogP contribution in [0.5, 0.6) is 0 Å². The minimum Gasteiger partial charge on any atom is -0.383 e. The van der Waals surface area contributed by atoms with E-state index in [1.54, 1.807) is 18.4 Å². The van der Waals surface area contributed by atoms with E-state index in [0.29, 0.717) is 5.82 Å². The Hall–Kier alpha value is -1.20. The second-order valence-electron chi connectivity index (χ2n) is 5.02. The molecule has 1 atom stereocenters. The van der Waals surface area contributed by atoms with Crippen LogP contribution in [0.25, 0.3) is 10.2 Å². The van der Waals surface area contributed by atoms with Crippen LogP contribution in [-0.2, 0) is 17.6 Å². The first kappa shape index (κ1) is 12.8. The zero-order chi connectivity index (χ0) is 13.4. The molecule has 0 aromatic carbocycles. The molecule has 0 saturated carbocycles. The van der Waals surface area contributed by atoms with E-state index in [9.17, 15) is 0 Å². The van der Waals surface area contributed by atoms with Gasteiger partial charge in [0.1, 0.15) is 16.8 Å². The van der Waals surface area contributed by atoms with Crippen LogP contribution in [0.2, 0.25) is 0 Å². The van der Waals surface area contributed by atoms with Gasteiger partial charge in [-0.2, -0.15) is 0 Å². The largest absolute Gasteiger partial charge is 0.383 e. The quantitative estimate of drug-likeness (QED) is 0.932. The molecule has 2 aromatic rings. The average molecular weight is 277 g/mol. The lowest BCUT2D eigenvalue weighted by atomic mass is 10.1. The second kappa shape index (κ2) is 5.06. The molecule has 102 valence electrons. The Labute approximate surface area is 117 Å². The summed E-state index contributed by atoms with van der Waals surface area (Å²) in [5.74, 6) is 1.35. The van der Waals surface area contributed by atoms with Crippen molar-refractivity contribution >= 4 is 27.4 Å². The fraction of sp³-hybridized carbons (Fsp3) is 0.571. The van der Waals surface area contributed by atoms with Crippen molar-refractivity contribution in [2.75, 3.05) is 12.8 Å². The minimum absolute atomic E-state index is 0.0476. The lowest BCUT2D eigenvalue weighted by Crippen LogP contribution is -2.08. The number of nitrogen functional groups attached to an aromatic ring is 1. The first-order valence-electron chi connectivity index (χ1n) is 6.85. The summed E-state index contributed by atoms with van der Waals surface area (Å²) in [7, 11) is 1.71. The van der Waals surface area contributed by atoms with Gasteiger partial charge >= 0.3 is 0 Å². The highest BCUT2D eigenvalue weighted by Gasteiger charge is 2.23. The summed E-state index contributed by atoms with van der Waals surface area (Å²) in [6.07, 6.45) is 5.43. The number of anilines is 1. The van der Waals surface area contributed by atoms with Gasteiger partial charge < -0.3 is 10.5 Å². The molecular weight excluding hydrogens is 258 g/mol. The zero-order valence-corrected chi connectivity index (χ0v) is 12.2. The van der Waals surface area contributed by atoms with Crippen molar-refractivity contribution < 1.29 is 4.74 Å². The van der Waals surface area contributed by atoms with Crippen molar-refractivity contribution in [3.05, 3.63) is 16.3 Å². The van der Waals surface area contributed by atoms with E-state index in [1.807, 2.05) is 0 Å². The van der Waals surface area contributed by atoms with Crippen molar-refractivity contribution in [3.63, 3.8) is 0 Å². The van der Waals surface area contributed by atoms with Gasteiger partial charge in [0.05, 0.1) is 5.39 Å². The van der Waals surface area contributed by atoms with Gasteiger partial charge in [-0.3, -0.25) is 0 Å². The molecule has 1 aliphatic rings. The van der Waals surface area contributed by atoms with E-state index in [4.69, 9.17) is 15.5 Å². The summed E-state index contributed by atoms with van der Waals surface area (Å²) in [6, 6.07) is 0. The molecule has 19 heavy (non-hydrogen) atoms. The number of aryl methyl sites for hydroxylation is 2.